The minimum absolute atomic E-state index is 0.0610. The number of carbonyl (C=O) groups is 1. The number of hydrogen-bond donors (Lipinski definition) is 0. The molecule has 4 nitrogen and oxygen atoms in total. The average molecular weight is 384 g/mol. The topological polar surface area (TPSA) is 46.3 Å². The molecule has 1 amide bonds. The Hall–Kier alpha value is -3.14. The number of nitrogens with zero attached hydrogens (tertiary/aromatic N) is 2. The second-order valence-electron chi connectivity index (χ2n) is 8.12. The van der Waals surface area contributed by atoms with Crippen LogP contribution in [0.4, 0.5) is 0 Å². The van der Waals surface area contributed by atoms with Crippen LogP contribution in [-0.2, 0) is 5.41 Å². The molecule has 2 aromatic carbocycles. The van der Waals surface area contributed by atoms with Crippen molar-refractivity contribution < 1.29 is 9.32 Å². The summed E-state index contributed by atoms with van der Waals surface area (Å²) >= 11 is 0. The van der Waals surface area contributed by atoms with E-state index in [-0.39, 0.29) is 17.2 Å². The number of benzene rings is 2. The monoisotopic (exact) mass is 384 g/mol. The molecule has 1 aromatic heterocycles. The van der Waals surface area contributed by atoms with E-state index in [4.69, 9.17) is 4.52 Å². The molecule has 1 unspecified atom stereocenters. The molecule has 1 aliphatic carbocycles. The lowest BCUT2D eigenvalue weighted by Gasteiger charge is -2.38. The minimum atomic E-state index is -0.0610. The van der Waals surface area contributed by atoms with Crippen molar-refractivity contribution in [1.29, 1.82) is 0 Å². The Bertz CT molecular complexity index is 1060. The average Bonchev–Trinajstić information content (AvgIpc) is 3.41. The molecule has 1 atom stereocenters. The van der Waals surface area contributed by atoms with Gasteiger partial charge in [0.05, 0.1) is 5.69 Å². The van der Waals surface area contributed by atoms with Crippen LogP contribution in [0.5, 0.6) is 0 Å². The van der Waals surface area contributed by atoms with Crippen molar-refractivity contribution in [3.05, 3.63) is 94.9 Å². The smallest absolute Gasteiger partial charge is 0.292 e. The van der Waals surface area contributed by atoms with Crippen LogP contribution < -0.4 is 0 Å². The molecule has 5 rings (SSSR count). The van der Waals surface area contributed by atoms with Crippen LogP contribution in [0.25, 0.3) is 6.08 Å². The largest absolute Gasteiger partial charge is 0.351 e. The van der Waals surface area contributed by atoms with E-state index in [1.54, 1.807) is 6.07 Å². The van der Waals surface area contributed by atoms with Gasteiger partial charge in [0, 0.05) is 30.5 Å². The fourth-order valence-corrected chi connectivity index (χ4v) is 4.64. The summed E-state index contributed by atoms with van der Waals surface area (Å²) in [5.41, 5.74) is 4.72. The standard InChI is InChI=1S/C25H24N2O2/c1-18(19-7-3-2-4-8-19)22-17-23(29-26-22)24(28)27-15-13-25(14-16-27)12-11-20-9-5-6-10-21(20)25/h2-12,17-18H,13-16H2,1H3. The molecule has 29 heavy (non-hydrogen) atoms. The van der Waals surface area contributed by atoms with Crippen molar-refractivity contribution in [2.45, 2.75) is 31.1 Å². The highest BCUT2D eigenvalue weighted by Crippen LogP contribution is 2.43. The van der Waals surface area contributed by atoms with Gasteiger partial charge in [0.2, 0.25) is 5.76 Å². The van der Waals surface area contributed by atoms with Crippen LogP contribution in [0.15, 0.2) is 71.3 Å². The fraction of sp³-hybridized carbons (Fsp3) is 0.280. The lowest BCUT2D eigenvalue weighted by Crippen LogP contribution is -2.43. The second kappa shape index (κ2) is 7.03. The third-order valence-electron chi connectivity index (χ3n) is 6.50. The molecule has 2 aliphatic rings. The zero-order valence-corrected chi connectivity index (χ0v) is 16.5. The van der Waals surface area contributed by atoms with Crippen molar-refractivity contribution >= 4 is 12.0 Å². The number of aromatic nitrogens is 1. The van der Waals surface area contributed by atoms with Gasteiger partial charge in [0.15, 0.2) is 0 Å². The van der Waals surface area contributed by atoms with E-state index in [9.17, 15) is 4.79 Å². The molecule has 3 aromatic rings. The number of amides is 1. The SMILES string of the molecule is CC(c1ccccc1)c1cc(C(=O)N2CCC3(C=Cc4ccccc43)CC2)on1. The first-order valence-electron chi connectivity index (χ1n) is 10.3. The molecular formula is C25H24N2O2. The Morgan fingerprint density at radius 1 is 1.07 bits per heavy atom. The summed E-state index contributed by atoms with van der Waals surface area (Å²) in [5, 5.41) is 4.18. The first kappa shape index (κ1) is 17.9. The van der Waals surface area contributed by atoms with Crippen molar-refractivity contribution in [3.8, 4) is 0 Å². The summed E-state index contributed by atoms with van der Waals surface area (Å²) in [5.74, 6) is 0.362. The van der Waals surface area contributed by atoms with Gasteiger partial charge in [-0.15, -0.1) is 0 Å². The lowest BCUT2D eigenvalue weighted by atomic mass is 9.74. The summed E-state index contributed by atoms with van der Waals surface area (Å²) in [6.07, 6.45) is 6.43. The number of hydrogen-bond acceptors (Lipinski definition) is 3. The zero-order valence-electron chi connectivity index (χ0n) is 16.5. The highest BCUT2D eigenvalue weighted by atomic mass is 16.5. The Labute approximate surface area is 170 Å². The first-order chi connectivity index (χ1) is 14.2. The second-order valence-corrected chi connectivity index (χ2v) is 8.12. The van der Waals surface area contributed by atoms with Crippen molar-refractivity contribution in [2.75, 3.05) is 13.1 Å². The number of fused-ring (bicyclic) bond motifs is 2. The molecule has 1 saturated heterocycles. The summed E-state index contributed by atoms with van der Waals surface area (Å²) in [6.45, 7) is 3.53. The van der Waals surface area contributed by atoms with Crippen LogP contribution in [0.3, 0.4) is 0 Å². The molecular weight excluding hydrogens is 360 g/mol. The molecule has 4 heteroatoms. The molecule has 1 spiro atoms. The third kappa shape index (κ3) is 3.09. The van der Waals surface area contributed by atoms with E-state index in [1.807, 2.05) is 23.1 Å². The van der Waals surface area contributed by atoms with Crippen molar-refractivity contribution in [1.82, 2.24) is 10.1 Å². The third-order valence-corrected chi connectivity index (χ3v) is 6.50. The predicted octanol–water partition coefficient (Wildman–Crippen LogP) is 5.03. The van der Waals surface area contributed by atoms with E-state index in [0.29, 0.717) is 5.76 Å². The van der Waals surface area contributed by atoms with E-state index in [1.165, 1.54) is 11.1 Å². The summed E-state index contributed by atoms with van der Waals surface area (Å²) in [6, 6.07) is 20.5. The maximum absolute atomic E-state index is 13.0. The van der Waals surface area contributed by atoms with E-state index < -0.39 is 0 Å². The summed E-state index contributed by atoms with van der Waals surface area (Å²) < 4.78 is 5.44. The fourth-order valence-electron chi connectivity index (χ4n) is 4.64. The number of rotatable bonds is 3. The Kier molecular flexibility index (Phi) is 4.35. The van der Waals surface area contributed by atoms with Gasteiger partial charge in [-0.25, -0.2) is 0 Å². The van der Waals surface area contributed by atoms with Gasteiger partial charge < -0.3 is 9.42 Å². The highest BCUT2D eigenvalue weighted by molar-refractivity contribution is 5.91. The molecule has 0 saturated carbocycles. The predicted molar refractivity (Wildman–Crippen MR) is 113 cm³/mol. The Balaban J connectivity index is 1.29. The molecule has 1 aliphatic heterocycles. The van der Waals surface area contributed by atoms with Crippen molar-refractivity contribution in [3.63, 3.8) is 0 Å². The Morgan fingerprint density at radius 2 is 1.79 bits per heavy atom. The van der Waals surface area contributed by atoms with Crippen LogP contribution in [0, 0.1) is 0 Å². The van der Waals surface area contributed by atoms with Gasteiger partial charge >= 0.3 is 0 Å². The van der Waals surface area contributed by atoms with E-state index in [0.717, 1.165) is 37.2 Å². The highest BCUT2D eigenvalue weighted by Gasteiger charge is 2.39. The Morgan fingerprint density at radius 3 is 2.59 bits per heavy atom. The molecule has 0 N–H and O–H groups in total. The maximum Gasteiger partial charge on any atom is 0.292 e. The number of allylic oxidation sites excluding steroid dienone is 1. The molecule has 1 fully saturated rings. The number of piperidine rings is 1. The van der Waals surface area contributed by atoms with Crippen LogP contribution in [0.1, 0.15) is 58.6 Å². The van der Waals surface area contributed by atoms with Gasteiger partial charge in [-0.3, -0.25) is 4.79 Å². The summed E-state index contributed by atoms with van der Waals surface area (Å²) in [4.78, 5) is 14.9. The lowest BCUT2D eigenvalue weighted by molar-refractivity contribution is 0.0648. The molecule has 2 heterocycles. The van der Waals surface area contributed by atoms with Crippen molar-refractivity contribution in [2.24, 2.45) is 0 Å². The number of likely N-dealkylation sites (tertiary alicyclic amines) is 1. The zero-order chi connectivity index (χ0) is 19.8. The molecule has 146 valence electrons. The minimum Gasteiger partial charge on any atom is -0.351 e. The van der Waals surface area contributed by atoms with Gasteiger partial charge in [0.25, 0.3) is 5.91 Å². The van der Waals surface area contributed by atoms with Gasteiger partial charge in [-0.05, 0) is 29.5 Å². The van der Waals surface area contributed by atoms with Gasteiger partial charge in [-0.1, -0.05) is 78.8 Å². The first-order valence-corrected chi connectivity index (χ1v) is 10.3. The maximum atomic E-state index is 13.0. The molecule has 0 bridgehead atoms. The van der Waals surface area contributed by atoms with E-state index in [2.05, 4.69) is 60.6 Å². The molecule has 0 radical (unpaired) electrons. The summed E-state index contributed by atoms with van der Waals surface area (Å²) in [7, 11) is 0. The van der Waals surface area contributed by atoms with Gasteiger partial charge in [0.1, 0.15) is 0 Å². The van der Waals surface area contributed by atoms with Gasteiger partial charge in [-0.2, -0.15) is 0 Å². The van der Waals surface area contributed by atoms with Crippen LogP contribution in [-0.4, -0.2) is 29.1 Å². The normalized spacial score (nSPS) is 18.0. The van der Waals surface area contributed by atoms with E-state index >= 15 is 0 Å². The number of carbonyl (C=O) groups excluding carboxylic acids is 1. The van der Waals surface area contributed by atoms with Crippen LogP contribution in [0.2, 0.25) is 0 Å². The van der Waals surface area contributed by atoms with Crippen LogP contribution >= 0.6 is 0 Å². The quantitative estimate of drug-likeness (QED) is 0.636.